The third kappa shape index (κ3) is 10.6. The molecule has 0 spiro atoms. The van der Waals surface area contributed by atoms with Crippen LogP contribution in [0.3, 0.4) is 0 Å². The van der Waals surface area contributed by atoms with E-state index in [1.807, 2.05) is 54.6 Å². The van der Waals surface area contributed by atoms with Gasteiger partial charge in [-0.25, -0.2) is 14.4 Å². The number of phenols is 2. The number of hydrogen-bond acceptors (Lipinski definition) is 11. The fourth-order valence-electron chi connectivity index (χ4n) is 4.49. The molecule has 0 aliphatic rings. The Morgan fingerprint density at radius 2 is 0.942 bits per heavy atom. The van der Waals surface area contributed by atoms with Gasteiger partial charge in [0.05, 0.1) is 9.85 Å². The highest BCUT2D eigenvalue weighted by Gasteiger charge is 2.07. The summed E-state index contributed by atoms with van der Waals surface area (Å²) in [6.45, 7) is 0. The van der Waals surface area contributed by atoms with Gasteiger partial charge < -0.3 is 26.6 Å². The summed E-state index contributed by atoms with van der Waals surface area (Å²) in [5, 5.41) is 48.1. The number of aromatic nitrogens is 2. The molecule has 7 rings (SSSR count). The minimum Gasteiger partial charge on any atom is -0.506 e. The molecule has 0 fully saturated rings. The maximum Gasteiger partial charge on any atom is 0.269 e. The molecule has 0 atom stereocenters. The van der Waals surface area contributed by atoms with E-state index in [-0.39, 0.29) is 47.7 Å². The van der Waals surface area contributed by atoms with Crippen molar-refractivity contribution in [1.82, 2.24) is 9.97 Å². The molecule has 0 saturated heterocycles. The van der Waals surface area contributed by atoms with Crippen LogP contribution in [0.15, 0.2) is 133 Å². The van der Waals surface area contributed by atoms with Crippen LogP contribution in [0.5, 0.6) is 11.5 Å². The van der Waals surface area contributed by atoms with E-state index < -0.39 is 15.7 Å². The summed E-state index contributed by atoms with van der Waals surface area (Å²) < 4.78 is 12.1. The van der Waals surface area contributed by atoms with Crippen molar-refractivity contribution >= 4 is 86.7 Å². The molecule has 266 valence electrons. The number of nitrogens with one attached hydrogen (secondary N) is 2. The van der Waals surface area contributed by atoms with Gasteiger partial charge in [-0.3, -0.25) is 20.2 Å². The second kappa shape index (κ2) is 18.3. The first-order valence-electron chi connectivity index (χ1n) is 14.8. The molecule has 6 N–H and O–H groups in total. The van der Waals surface area contributed by atoms with Crippen molar-refractivity contribution in [1.29, 1.82) is 0 Å². The number of hydrogen-bond donors (Lipinski definition) is 5. The van der Waals surface area contributed by atoms with Crippen molar-refractivity contribution in [3.63, 3.8) is 0 Å². The number of benzene rings is 5. The molecule has 0 aliphatic carbocycles. The first-order valence-corrected chi connectivity index (χ1v) is 14.8. The molecule has 0 aliphatic heterocycles. The Balaban J connectivity index is 0.000000218. The molecular weight excluding hydrogens is 716 g/mol. The number of phenolic OH excluding ortho intramolecular Hbond substituents is 2. The van der Waals surface area contributed by atoms with Gasteiger partial charge in [-0.05, 0) is 84.9 Å². The first-order chi connectivity index (χ1) is 24.0. The van der Waals surface area contributed by atoms with E-state index in [1.54, 1.807) is 42.5 Å². The lowest BCUT2D eigenvalue weighted by atomic mass is 10.2. The van der Waals surface area contributed by atoms with Crippen molar-refractivity contribution in [2.45, 2.75) is 0 Å². The van der Waals surface area contributed by atoms with Crippen LogP contribution in [0.2, 0.25) is 0 Å². The van der Waals surface area contributed by atoms with Crippen LogP contribution < -0.4 is 16.4 Å². The van der Waals surface area contributed by atoms with Crippen molar-refractivity contribution in [2.24, 2.45) is 0 Å². The van der Waals surface area contributed by atoms with Crippen molar-refractivity contribution in [3.05, 3.63) is 160 Å². The molecular formula is C36H30Cl2FN7O6. The maximum absolute atomic E-state index is 12.1. The number of nitro benzene ring substituents is 2. The van der Waals surface area contributed by atoms with Crippen molar-refractivity contribution < 1.29 is 24.5 Å². The Bertz CT molecular complexity index is 2280. The largest absolute Gasteiger partial charge is 0.506 e. The molecule has 52 heavy (non-hydrogen) atoms. The fraction of sp³-hybridized carbons (Fsp3) is 0. The van der Waals surface area contributed by atoms with Crippen LogP contribution >= 0.6 is 24.8 Å². The highest BCUT2D eigenvalue weighted by atomic mass is 35.5. The molecule has 16 heteroatoms. The smallest absolute Gasteiger partial charge is 0.269 e. The SMILES string of the molecule is Cl.Cl.Nc1ccc(Nc2ccc3cccc(O)c3n2)cc1.O=[N+]([O-])c1ccc(F)cc1.O=[N+]([O-])c1ccc(Nc2ccc3cccc(O)c3n2)cc1. The lowest BCUT2D eigenvalue weighted by molar-refractivity contribution is -0.385. The van der Waals surface area contributed by atoms with Crippen LogP contribution in [0.4, 0.5) is 44.5 Å². The Hall–Kier alpha value is -6.77. The molecule has 0 amide bonds. The Morgan fingerprint density at radius 3 is 1.35 bits per heavy atom. The van der Waals surface area contributed by atoms with Crippen LogP contribution in [-0.2, 0) is 0 Å². The van der Waals surface area contributed by atoms with Gasteiger partial charge in [0.2, 0.25) is 0 Å². The number of non-ortho nitro benzene ring substituents is 2. The molecule has 2 aromatic heterocycles. The van der Waals surface area contributed by atoms with Crippen molar-refractivity contribution in [2.75, 3.05) is 16.4 Å². The monoisotopic (exact) mass is 745 g/mol. The molecule has 0 bridgehead atoms. The molecule has 13 nitrogen and oxygen atoms in total. The van der Waals surface area contributed by atoms with E-state index in [0.717, 1.165) is 46.4 Å². The molecule has 0 saturated carbocycles. The summed E-state index contributed by atoms with van der Waals surface area (Å²) in [4.78, 5) is 28.3. The van der Waals surface area contributed by atoms with E-state index in [4.69, 9.17) is 5.73 Å². The number of fused-ring (bicyclic) bond motifs is 2. The number of para-hydroxylation sites is 2. The number of nitrogen functional groups attached to an aromatic ring is 1. The van der Waals surface area contributed by atoms with E-state index in [2.05, 4.69) is 20.6 Å². The predicted octanol–water partition coefficient (Wildman–Crippen LogP) is 9.44. The minimum atomic E-state index is -0.570. The Morgan fingerprint density at radius 1 is 0.558 bits per heavy atom. The number of rotatable bonds is 6. The zero-order valence-electron chi connectivity index (χ0n) is 26.8. The zero-order valence-corrected chi connectivity index (χ0v) is 28.4. The van der Waals surface area contributed by atoms with E-state index >= 15 is 0 Å². The Labute approximate surface area is 307 Å². The summed E-state index contributed by atoms with van der Waals surface area (Å²) >= 11 is 0. The van der Waals surface area contributed by atoms with Gasteiger partial charge >= 0.3 is 0 Å². The average molecular weight is 747 g/mol. The number of nitro groups is 2. The van der Waals surface area contributed by atoms with E-state index in [1.165, 1.54) is 12.1 Å². The second-order valence-electron chi connectivity index (χ2n) is 10.5. The topological polar surface area (TPSA) is 203 Å². The third-order valence-electron chi connectivity index (χ3n) is 6.97. The van der Waals surface area contributed by atoms with Gasteiger partial charge in [0.15, 0.2) is 0 Å². The number of anilines is 5. The summed E-state index contributed by atoms with van der Waals surface area (Å²) in [5.41, 5.74) is 8.96. The number of pyridine rings is 2. The number of aromatic hydroxyl groups is 2. The lowest BCUT2D eigenvalue weighted by Crippen LogP contribution is -1.94. The average Bonchev–Trinajstić information content (AvgIpc) is 3.11. The van der Waals surface area contributed by atoms with Crippen LogP contribution in [0.1, 0.15) is 0 Å². The van der Waals surface area contributed by atoms with Gasteiger partial charge in [0.25, 0.3) is 11.4 Å². The van der Waals surface area contributed by atoms with Gasteiger partial charge in [-0.15, -0.1) is 24.8 Å². The molecule has 7 aromatic rings. The quantitative estimate of drug-likeness (QED) is 0.0616. The normalized spacial score (nSPS) is 9.87. The summed E-state index contributed by atoms with van der Waals surface area (Å²) in [7, 11) is 0. The summed E-state index contributed by atoms with van der Waals surface area (Å²) in [5.74, 6) is 1.06. The predicted molar refractivity (Wildman–Crippen MR) is 205 cm³/mol. The first kappa shape index (κ1) is 39.7. The highest BCUT2D eigenvalue weighted by Crippen LogP contribution is 2.27. The van der Waals surface area contributed by atoms with Gasteiger partial charge in [0, 0.05) is 52.1 Å². The Kier molecular flexibility index (Phi) is 14.0. The molecule has 2 heterocycles. The zero-order chi connectivity index (χ0) is 35.6. The van der Waals surface area contributed by atoms with Gasteiger partial charge in [0.1, 0.15) is 40.0 Å². The third-order valence-corrected chi connectivity index (χ3v) is 6.97. The fourth-order valence-corrected chi connectivity index (χ4v) is 4.49. The molecule has 5 aromatic carbocycles. The number of halogens is 3. The van der Waals surface area contributed by atoms with Gasteiger partial charge in [-0.2, -0.15) is 0 Å². The van der Waals surface area contributed by atoms with E-state index in [9.17, 15) is 34.8 Å². The summed E-state index contributed by atoms with van der Waals surface area (Å²) in [6, 6.07) is 35.7. The highest BCUT2D eigenvalue weighted by molar-refractivity contribution is 5.87. The standard InChI is InChI=1S/C15H11N3O3.C15H13N3O.C6H4FNO2.2ClH/c19-13-3-1-2-10-4-9-14(17-15(10)13)16-11-5-7-12(8-6-11)18(20)21;16-11-5-7-12(8-6-11)17-14-9-4-10-2-1-3-13(19)15(10)18-14;7-5-1-3-6(4-2-5)8(9)10;;/h1-9,19H,(H,16,17);1-9,19H,16H2,(H,17,18);1-4H;2*1H. The second-order valence-corrected chi connectivity index (χ2v) is 10.5. The maximum atomic E-state index is 12.1. The summed E-state index contributed by atoms with van der Waals surface area (Å²) in [6.07, 6.45) is 0. The van der Waals surface area contributed by atoms with Crippen LogP contribution in [-0.4, -0.2) is 30.0 Å². The van der Waals surface area contributed by atoms with Crippen LogP contribution in [0.25, 0.3) is 21.8 Å². The lowest BCUT2D eigenvalue weighted by Gasteiger charge is -2.07. The molecule has 0 unspecified atom stereocenters. The minimum absolute atomic E-state index is 0. The van der Waals surface area contributed by atoms with Crippen LogP contribution in [0, 0.1) is 26.0 Å². The number of nitrogens with zero attached hydrogens (tertiary/aromatic N) is 4. The van der Waals surface area contributed by atoms with Crippen molar-refractivity contribution in [3.8, 4) is 11.5 Å². The van der Waals surface area contributed by atoms with Gasteiger partial charge in [-0.1, -0.05) is 24.3 Å². The molecule has 0 radical (unpaired) electrons. The number of nitrogens with two attached hydrogens (primary N) is 1. The van der Waals surface area contributed by atoms with E-state index in [0.29, 0.717) is 28.4 Å².